The van der Waals surface area contributed by atoms with Gasteiger partial charge >= 0.3 is 0 Å². The minimum absolute atomic E-state index is 0.156. The maximum absolute atomic E-state index is 9.67. The minimum atomic E-state index is -0.593. The zero-order valence-electron chi connectivity index (χ0n) is 9.91. The van der Waals surface area contributed by atoms with Crippen molar-refractivity contribution in [2.45, 2.75) is 26.0 Å². The molecule has 5 heteroatoms. The zero-order chi connectivity index (χ0) is 12.8. The van der Waals surface area contributed by atoms with Crippen LogP contribution in [0.4, 0.5) is 0 Å². The van der Waals surface area contributed by atoms with E-state index in [4.69, 9.17) is 27.9 Å². The Hall–Kier alpha value is -0.480. The van der Waals surface area contributed by atoms with Crippen LogP contribution >= 0.6 is 23.2 Å². The van der Waals surface area contributed by atoms with Crippen LogP contribution in [0.15, 0.2) is 18.2 Å². The molecule has 1 aromatic carbocycles. The molecule has 0 bridgehead atoms. The predicted molar refractivity (Wildman–Crippen MR) is 71.1 cm³/mol. The normalized spacial score (nSPS) is 12.8. The Morgan fingerprint density at radius 2 is 1.88 bits per heavy atom. The largest absolute Gasteiger partial charge is 0.488 e. The first kappa shape index (κ1) is 14.6. The summed E-state index contributed by atoms with van der Waals surface area (Å²) in [7, 11) is 0. The Morgan fingerprint density at radius 3 is 2.41 bits per heavy atom. The first-order valence-corrected chi connectivity index (χ1v) is 6.24. The van der Waals surface area contributed by atoms with Crippen molar-refractivity contribution in [3.63, 3.8) is 0 Å². The molecule has 2 N–H and O–H groups in total. The van der Waals surface area contributed by atoms with E-state index >= 15 is 0 Å². The molecule has 0 aliphatic rings. The van der Waals surface area contributed by atoms with Gasteiger partial charge in [-0.05, 0) is 12.1 Å². The molecule has 3 nitrogen and oxygen atoms in total. The van der Waals surface area contributed by atoms with E-state index in [2.05, 4.69) is 5.32 Å². The third kappa shape index (κ3) is 5.13. The third-order valence-electron chi connectivity index (χ3n) is 2.10. The fraction of sp³-hybridized carbons (Fsp3) is 0.500. The molecule has 1 atom stereocenters. The standard InChI is InChI=1S/C12H17Cl2NO2/c1-8(2)15-6-9(16)7-17-12-10(13)4-3-5-11(12)14/h3-5,8-9,15-16H,6-7H2,1-2H3. The van der Waals surface area contributed by atoms with E-state index in [1.165, 1.54) is 0 Å². The number of rotatable bonds is 6. The second-order valence-corrected chi connectivity index (χ2v) is 4.89. The molecule has 96 valence electrons. The van der Waals surface area contributed by atoms with Gasteiger partial charge in [-0.1, -0.05) is 43.1 Å². The van der Waals surface area contributed by atoms with Gasteiger partial charge in [-0.25, -0.2) is 0 Å². The van der Waals surface area contributed by atoms with Crippen LogP contribution in [0, 0.1) is 0 Å². The number of aliphatic hydroxyl groups is 1. The topological polar surface area (TPSA) is 41.5 Å². The quantitative estimate of drug-likeness (QED) is 0.840. The van der Waals surface area contributed by atoms with Crippen LogP contribution in [0.2, 0.25) is 10.0 Å². The van der Waals surface area contributed by atoms with Gasteiger partial charge in [-0.2, -0.15) is 0 Å². The van der Waals surface area contributed by atoms with Crippen molar-refractivity contribution in [3.8, 4) is 5.75 Å². The van der Waals surface area contributed by atoms with Crippen molar-refractivity contribution in [2.24, 2.45) is 0 Å². The van der Waals surface area contributed by atoms with E-state index < -0.39 is 6.10 Å². The Balaban J connectivity index is 2.44. The number of aliphatic hydroxyl groups excluding tert-OH is 1. The summed E-state index contributed by atoms with van der Waals surface area (Å²) in [5.41, 5.74) is 0. The Labute approximate surface area is 112 Å². The van der Waals surface area contributed by atoms with Crippen molar-refractivity contribution in [3.05, 3.63) is 28.2 Å². The smallest absolute Gasteiger partial charge is 0.156 e. The lowest BCUT2D eigenvalue weighted by Crippen LogP contribution is -2.35. The number of benzene rings is 1. The molecule has 0 fully saturated rings. The molecule has 0 aliphatic carbocycles. The molecular formula is C12H17Cl2NO2. The Morgan fingerprint density at radius 1 is 1.29 bits per heavy atom. The van der Waals surface area contributed by atoms with Crippen LogP contribution in [-0.4, -0.2) is 30.4 Å². The van der Waals surface area contributed by atoms with Gasteiger partial charge in [0.2, 0.25) is 0 Å². The van der Waals surface area contributed by atoms with Gasteiger partial charge in [-0.15, -0.1) is 0 Å². The summed E-state index contributed by atoms with van der Waals surface area (Å²) in [6.45, 7) is 4.65. The summed E-state index contributed by atoms with van der Waals surface area (Å²) in [5, 5.41) is 13.7. The van der Waals surface area contributed by atoms with E-state index in [9.17, 15) is 5.11 Å². The SMILES string of the molecule is CC(C)NCC(O)COc1c(Cl)cccc1Cl. The first-order valence-electron chi connectivity index (χ1n) is 5.49. The lowest BCUT2D eigenvalue weighted by molar-refractivity contribution is 0.105. The maximum atomic E-state index is 9.67. The van der Waals surface area contributed by atoms with Gasteiger partial charge in [-0.3, -0.25) is 0 Å². The third-order valence-corrected chi connectivity index (χ3v) is 2.70. The molecule has 0 saturated carbocycles. The van der Waals surface area contributed by atoms with E-state index in [1.54, 1.807) is 18.2 Å². The molecule has 0 heterocycles. The van der Waals surface area contributed by atoms with Gasteiger partial charge in [0, 0.05) is 12.6 Å². The van der Waals surface area contributed by atoms with Crippen LogP contribution in [0.1, 0.15) is 13.8 Å². The number of hydrogen-bond acceptors (Lipinski definition) is 3. The molecule has 0 radical (unpaired) electrons. The van der Waals surface area contributed by atoms with Crippen LogP contribution < -0.4 is 10.1 Å². The van der Waals surface area contributed by atoms with Crippen molar-refractivity contribution < 1.29 is 9.84 Å². The van der Waals surface area contributed by atoms with Crippen molar-refractivity contribution in [1.82, 2.24) is 5.32 Å². The number of para-hydroxylation sites is 1. The summed E-state index contributed by atoms with van der Waals surface area (Å²) in [6.07, 6.45) is -0.593. The fourth-order valence-corrected chi connectivity index (χ4v) is 1.74. The van der Waals surface area contributed by atoms with Gasteiger partial charge in [0.1, 0.15) is 12.7 Å². The zero-order valence-corrected chi connectivity index (χ0v) is 11.4. The average Bonchev–Trinajstić information content (AvgIpc) is 2.25. The van der Waals surface area contributed by atoms with Crippen molar-refractivity contribution >= 4 is 23.2 Å². The average molecular weight is 278 g/mol. The van der Waals surface area contributed by atoms with Crippen LogP contribution in [0.3, 0.4) is 0 Å². The summed E-state index contributed by atoms with van der Waals surface area (Å²) in [4.78, 5) is 0. The summed E-state index contributed by atoms with van der Waals surface area (Å²) < 4.78 is 5.41. The van der Waals surface area contributed by atoms with Crippen LogP contribution in [0.25, 0.3) is 0 Å². The van der Waals surface area contributed by atoms with Gasteiger partial charge in [0.15, 0.2) is 5.75 Å². The molecule has 0 amide bonds. The van der Waals surface area contributed by atoms with Crippen molar-refractivity contribution in [1.29, 1.82) is 0 Å². The lowest BCUT2D eigenvalue weighted by Gasteiger charge is -2.16. The lowest BCUT2D eigenvalue weighted by atomic mass is 10.3. The number of ether oxygens (including phenoxy) is 1. The summed E-state index contributed by atoms with van der Waals surface area (Å²) >= 11 is 11.9. The number of hydrogen-bond donors (Lipinski definition) is 2. The molecule has 1 rings (SSSR count). The van der Waals surface area contributed by atoms with Crippen LogP contribution in [0.5, 0.6) is 5.75 Å². The Kier molecular flexibility index (Phi) is 6.06. The molecule has 1 aromatic rings. The molecule has 0 spiro atoms. The molecule has 0 aliphatic heterocycles. The molecular weight excluding hydrogens is 261 g/mol. The first-order chi connectivity index (χ1) is 8.00. The van der Waals surface area contributed by atoms with E-state index in [0.29, 0.717) is 28.4 Å². The fourth-order valence-electron chi connectivity index (χ4n) is 1.23. The monoisotopic (exact) mass is 277 g/mol. The predicted octanol–water partition coefficient (Wildman–Crippen LogP) is 2.73. The second-order valence-electron chi connectivity index (χ2n) is 4.08. The molecule has 0 saturated heterocycles. The van der Waals surface area contributed by atoms with E-state index in [-0.39, 0.29) is 6.61 Å². The molecule has 0 aromatic heterocycles. The molecule has 17 heavy (non-hydrogen) atoms. The number of nitrogens with one attached hydrogen (secondary N) is 1. The Bertz CT molecular complexity index is 338. The highest BCUT2D eigenvalue weighted by Crippen LogP contribution is 2.32. The minimum Gasteiger partial charge on any atom is -0.488 e. The summed E-state index contributed by atoms with van der Waals surface area (Å²) in [6, 6.07) is 5.46. The highest BCUT2D eigenvalue weighted by molar-refractivity contribution is 6.37. The maximum Gasteiger partial charge on any atom is 0.156 e. The summed E-state index contributed by atoms with van der Waals surface area (Å²) in [5.74, 6) is 0.416. The van der Waals surface area contributed by atoms with Crippen molar-refractivity contribution in [2.75, 3.05) is 13.2 Å². The van der Waals surface area contributed by atoms with E-state index in [0.717, 1.165) is 0 Å². The van der Waals surface area contributed by atoms with Gasteiger partial charge in [0.25, 0.3) is 0 Å². The van der Waals surface area contributed by atoms with Gasteiger partial charge < -0.3 is 15.2 Å². The highest BCUT2D eigenvalue weighted by atomic mass is 35.5. The van der Waals surface area contributed by atoms with Crippen LogP contribution in [-0.2, 0) is 0 Å². The number of halogens is 2. The molecule has 1 unspecified atom stereocenters. The second kappa shape index (κ2) is 7.07. The van der Waals surface area contributed by atoms with Gasteiger partial charge in [0.05, 0.1) is 10.0 Å². The van der Waals surface area contributed by atoms with E-state index in [1.807, 2.05) is 13.8 Å². The highest BCUT2D eigenvalue weighted by Gasteiger charge is 2.10.